The first-order valence-corrected chi connectivity index (χ1v) is 11.1. The van der Waals surface area contributed by atoms with Gasteiger partial charge in [0.05, 0.1) is 19.1 Å². The molecule has 0 bridgehead atoms. The highest BCUT2D eigenvalue weighted by Gasteiger charge is 2.33. The number of nitrogens with zero attached hydrogens (tertiary/aromatic N) is 1. The van der Waals surface area contributed by atoms with Crippen molar-refractivity contribution in [1.82, 2.24) is 0 Å². The molecule has 0 unspecified atom stereocenters. The van der Waals surface area contributed by atoms with Crippen LogP contribution in [0.3, 0.4) is 0 Å². The monoisotopic (exact) mass is 438 g/mol. The number of benzene rings is 2. The summed E-state index contributed by atoms with van der Waals surface area (Å²) in [6, 6.07) is 9.93. The lowest BCUT2D eigenvalue weighted by atomic mass is 10.1. The molecule has 1 atom stereocenters. The van der Waals surface area contributed by atoms with Crippen molar-refractivity contribution >= 4 is 44.7 Å². The number of ether oxygens (including phenoxy) is 1. The zero-order valence-corrected chi connectivity index (χ0v) is 18.2. The number of methoxy groups -OCH3 is 1. The number of rotatable bonds is 8. The lowest BCUT2D eigenvalue weighted by Gasteiger charge is -2.31. The molecular weight excluding hydrogens is 416 g/mol. The highest BCUT2D eigenvalue weighted by atomic mass is 35.5. The highest BCUT2D eigenvalue weighted by Crippen LogP contribution is 2.35. The molecule has 0 radical (unpaired) electrons. The minimum absolute atomic E-state index is 0.144. The van der Waals surface area contributed by atoms with E-state index in [1.165, 1.54) is 32.2 Å². The van der Waals surface area contributed by atoms with Crippen LogP contribution in [0.25, 0.3) is 0 Å². The van der Waals surface area contributed by atoms with Gasteiger partial charge in [-0.05, 0) is 43.7 Å². The summed E-state index contributed by atoms with van der Waals surface area (Å²) in [7, 11) is -2.45. The molecule has 1 amide bonds. The summed E-state index contributed by atoms with van der Waals surface area (Å²) >= 11 is 6.06. The lowest BCUT2D eigenvalue weighted by Crippen LogP contribution is -2.47. The molecule has 2 aromatic rings. The fraction of sp³-hybridized carbons (Fsp3) is 0.300. The van der Waals surface area contributed by atoms with Crippen LogP contribution < -0.4 is 14.4 Å². The number of halogens is 1. The Morgan fingerprint density at radius 1 is 1.21 bits per heavy atom. The van der Waals surface area contributed by atoms with Crippen molar-refractivity contribution in [2.24, 2.45) is 0 Å². The van der Waals surface area contributed by atoms with Crippen molar-refractivity contribution in [2.45, 2.75) is 26.3 Å². The second-order valence-corrected chi connectivity index (χ2v) is 8.72. The van der Waals surface area contributed by atoms with E-state index in [0.29, 0.717) is 16.3 Å². The fourth-order valence-electron chi connectivity index (χ4n) is 2.91. The van der Waals surface area contributed by atoms with Gasteiger partial charge in [-0.2, -0.15) is 0 Å². The van der Waals surface area contributed by atoms with Crippen molar-refractivity contribution in [3.05, 3.63) is 53.1 Å². The third-order valence-corrected chi connectivity index (χ3v) is 5.65. The number of Topliss-reactive ketones (excluding diaryl/α,β-unsaturated/α-hetero) is 1. The quantitative estimate of drug-likeness (QED) is 0.634. The smallest absolute Gasteiger partial charge is 0.248 e. The predicted molar refractivity (Wildman–Crippen MR) is 114 cm³/mol. The van der Waals surface area contributed by atoms with Crippen molar-refractivity contribution in [3.63, 3.8) is 0 Å². The van der Waals surface area contributed by atoms with E-state index in [1.807, 2.05) is 0 Å². The fourth-order valence-corrected chi connectivity index (χ4v) is 4.29. The predicted octanol–water partition coefficient (Wildman–Crippen LogP) is 3.73. The van der Waals surface area contributed by atoms with Crippen molar-refractivity contribution in [3.8, 4) is 5.75 Å². The molecule has 7 nitrogen and oxygen atoms in total. The van der Waals surface area contributed by atoms with E-state index in [4.69, 9.17) is 16.3 Å². The van der Waals surface area contributed by atoms with Crippen molar-refractivity contribution < 1.29 is 22.7 Å². The number of hydrogen-bond donors (Lipinski definition) is 1. The number of sulfonamides is 1. The van der Waals surface area contributed by atoms with Gasteiger partial charge >= 0.3 is 0 Å². The van der Waals surface area contributed by atoms with Gasteiger partial charge in [0.1, 0.15) is 11.8 Å². The van der Waals surface area contributed by atoms with Crippen molar-refractivity contribution in [1.29, 1.82) is 0 Å². The van der Waals surface area contributed by atoms with Gasteiger partial charge in [-0.15, -0.1) is 0 Å². The molecule has 0 aliphatic heterocycles. The molecule has 0 aromatic heterocycles. The van der Waals surface area contributed by atoms with Crippen LogP contribution in [0.1, 0.15) is 30.6 Å². The van der Waals surface area contributed by atoms with Gasteiger partial charge in [-0.1, -0.05) is 30.7 Å². The van der Waals surface area contributed by atoms with E-state index in [9.17, 15) is 18.0 Å². The van der Waals surface area contributed by atoms with Crippen LogP contribution in [0.5, 0.6) is 5.75 Å². The molecule has 0 saturated heterocycles. The summed E-state index contributed by atoms with van der Waals surface area (Å²) in [5.41, 5.74) is 1.00. The SMILES string of the molecule is CC[C@H](C(=O)Nc1cccc(C(C)=O)c1)N(c1cc(Cl)ccc1OC)S(C)(=O)=O. The molecule has 9 heteroatoms. The maximum absolute atomic E-state index is 13.0. The van der Waals surface area contributed by atoms with Gasteiger partial charge in [0.2, 0.25) is 15.9 Å². The van der Waals surface area contributed by atoms with Gasteiger partial charge in [0.15, 0.2) is 5.78 Å². The Labute approximate surface area is 175 Å². The second kappa shape index (κ2) is 9.28. The molecule has 0 aliphatic carbocycles. The van der Waals surface area contributed by atoms with Gasteiger partial charge in [-0.3, -0.25) is 13.9 Å². The minimum Gasteiger partial charge on any atom is -0.495 e. The number of amides is 1. The van der Waals surface area contributed by atoms with Gasteiger partial charge < -0.3 is 10.1 Å². The number of anilines is 2. The average molecular weight is 439 g/mol. The van der Waals surface area contributed by atoms with E-state index in [2.05, 4.69) is 5.32 Å². The normalized spacial score (nSPS) is 12.2. The molecule has 0 aliphatic rings. The number of nitrogens with one attached hydrogen (secondary N) is 1. The van der Waals surface area contributed by atoms with Gasteiger partial charge in [0, 0.05) is 16.3 Å². The van der Waals surface area contributed by atoms with Crippen LogP contribution in [-0.2, 0) is 14.8 Å². The Morgan fingerprint density at radius 3 is 2.45 bits per heavy atom. The number of ketones is 1. The van der Waals surface area contributed by atoms with E-state index in [1.54, 1.807) is 31.2 Å². The Hall–Kier alpha value is -2.58. The van der Waals surface area contributed by atoms with Crippen LogP contribution in [0.4, 0.5) is 11.4 Å². The topological polar surface area (TPSA) is 92.8 Å². The molecule has 0 fully saturated rings. The lowest BCUT2D eigenvalue weighted by molar-refractivity contribution is -0.117. The third-order valence-electron chi connectivity index (χ3n) is 4.24. The van der Waals surface area contributed by atoms with Crippen LogP contribution in [-0.4, -0.2) is 39.5 Å². The van der Waals surface area contributed by atoms with E-state index < -0.39 is 22.0 Å². The first-order chi connectivity index (χ1) is 13.6. The van der Waals surface area contributed by atoms with Gasteiger partial charge in [0.25, 0.3) is 0 Å². The van der Waals surface area contributed by atoms with E-state index >= 15 is 0 Å². The van der Waals surface area contributed by atoms with E-state index in [-0.39, 0.29) is 23.6 Å². The summed E-state index contributed by atoms with van der Waals surface area (Å²) in [5.74, 6) is -0.417. The summed E-state index contributed by atoms with van der Waals surface area (Å²) < 4.78 is 31.5. The van der Waals surface area contributed by atoms with Crippen LogP contribution >= 0.6 is 11.6 Å². The first-order valence-electron chi connectivity index (χ1n) is 8.83. The van der Waals surface area contributed by atoms with Crippen LogP contribution in [0.2, 0.25) is 5.02 Å². The molecule has 0 heterocycles. The molecular formula is C20H23ClN2O5S. The summed E-state index contributed by atoms with van der Waals surface area (Å²) in [4.78, 5) is 24.6. The zero-order chi connectivity index (χ0) is 21.8. The minimum atomic E-state index is -3.86. The average Bonchev–Trinajstić information content (AvgIpc) is 2.65. The molecule has 2 rings (SSSR count). The number of carbonyl (C=O) groups is 2. The zero-order valence-electron chi connectivity index (χ0n) is 16.6. The molecule has 156 valence electrons. The Morgan fingerprint density at radius 2 is 1.90 bits per heavy atom. The van der Waals surface area contributed by atoms with Crippen LogP contribution in [0, 0.1) is 0 Å². The summed E-state index contributed by atoms with van der Waals surface area (Å²) in [5, 5.41) is 3.00. The first kappa shape index (κ1) is 22.7. The largest absolute Gasteiger partial charge is 0.495 e. The maximum atomic E-state index is 13.0. The number of carbonyl (C=O) groups excluding carboxylic acids is 2. The molecule has 0 spiro atoms. The highest BCUT2D eigenvalue weighted by molar-refractivity contribution is 7.92. The Balaban J connectivity index is 2.47. The molecule has 1 N–H and O–H groups in total. The summed E-state index contributed by atoms with van der Waals surface area (Å²) in [6.07, 6.45) is 1.21. The van der Waals surface area contributed by atoms with Crippen molar-refractivity contribution in [2.75, 3.05) is 23.0 Å². The standard InChI is InChI=1S/C20H23ClN2O5S/c1-5-17(20(25)22-16-8-6-7-14(11-16)13(2)24)23(29(4,26)27)18-12-15(21)9-10-19(18)28-3/h6-12,17H,5H2,1-4H3,(H,22,25)/t17-/m1/s1. The Bertz CT molecular complexity index is 1020. The molecule has 0 saturated carbocycles. The van der Waals surface area contributed by atoms with E-state index in [0.717, 1.165) is 10.6 Å². The summed E-state index contributed by atoms with van der Waals surface area (Å²) in [6.45, 7) is 3.12. The second-order valence-electron chi connectivity index (χ2n) is 6.43. The molecule has 29 heavy (non-hydrogen) atoms. The van der Waals surface area contributed by atoms with Crippen LogP contribution in [0.15, 0.2) is 42.5 Å². The number of hydrogen-bond acceptors (Lipinski definition) is 5. The van der Waals surface area contributed by atoms with Gasteiger partial charge in [-0.25, -0.2) is 8.42 Å². The third kappa shape index (κ3) is 5.48. The Kier molecular flexibility index (Phi) is 7.26. The maximum Gasteiger partial charge on any atom is 0.248 e. The molecule has 2 aromatic carbocycles.